The predicted molar refractivity (Wildman–Crippen MR) is 199 cm³/mol. The number of nitrogens with zero attached hydrogens (tertiary/aromatic N) is 2. The van der Waals surface area contributed by atoms with Crippen molar-refractivity contribution in [1.82, 2.24) is 8.61 Å². The molecular weight excluding hydrogens is 797 g/mol. The predicted octanol–water partition coefficient (Wildman–Crippen LogP) is 7.44. The molecule has 0 heterocycles. The number of hydrogen-bond donors (Lipinski definition) is 1. The van der Waals surface area contributed by atoms with Crippen molar-refractivity contribution in [3.8, 4) is 0 Å². The molecule has 0 atom stereocenters. The minimum Gasteiger partial charge on any atom is -0.481 e. The van der Waals surface area contributed by atoms with Gasteiger partial charge in [0.25, 0.3) is 0 Å². The second-order valence-electron chi connectivity index (χ2n) is 15.0. The van der Waals surface area contributed by atoms with Gasteiger partial charge in [-0.05, 0) is 98.2 Å². The summed E-state index contributed by atoms with van der Waals surface area (Å²) in [7, 11) is -6.37. The highest BCUT2D eigenvalue weighted by Gasteiger charge is 2.77. The van der Waals surface area contributed by atoms with E-state index in [4.69, 9.17) is 27.9 Å². The molecule has 0 spiro atoms. The molecule has 0 unspecified atom stereocenters. The van der Waals surface area contributed by atoms with Crippen LogP contribution in [0.5, 0.6) is 0 Å². The molecule has 10 nitrogen and oxygen atoms in total. The number of ether oxygens (including phenoxy) is 1. The van der Waals surface area contributed by atoms with Crippen molar-refractivity contribution in [2.24, 2.45) is 10.8 Å². The quantitative estimate of drug-likeness (QED) is 0.146. The van der Waals surface area contributed by atoms with Crippen LogP contribution in [0, 0.1) is 22.5 Å². The molecule has 4 aromatic rings. The molecule has 4 aromatic carbocycles. The molecule has 1 N–H and O–H groups in total. The van der Waals surface area contributed by atoms with Crippen LogP contribution in [0.15, 0.2) is 107 Å². The molecule has 6 aliphatic rings. The van der Waals surface area contributed by atoms with Crippen molar-refractivity contribution in [1.29, 1.82) is 0 Å². The number of carbonyl (C=O) groups is 2. The highest BCUT2D eigenvalue weighted by atomic mass is 35.5. The summed E-state index contributed by atoms with van der Waals surface area (Å²) in [4.78, 5) is 23.8. The third-order valence-corrected chi connectivity index (χ3v) is 16.0. The molecule has 0 aliphatic heterocycles. The van der Waals surface area contributed by atoms with Gasteiger partial charge in [0.2, 0.25) is 20.0 Å². The van der Waals surface area contributed by atoms with Crippen LogP contribution in [0.4, 0.5) is 8.78 Å². The molecule has 0 aromatic heterocycles. The number of sulfonamides is 2. The second-order valence-corrected chi connectivity index (χ2v) is 19.6. The Balaban J connectivity index is 0.000000169. The van der Waals surface area contributed by atoms with Crippen LogP contribution in [0.3, 0.4) is 0 Å². The maximum atomic E-state index is 13.9. The molecule has 6 saturated carbocycles. The summed E-state index contributed by atoms with van der Waals surface area (Å²) in [6.07, 6.45) is 2.06. The maximum Gasteiger partial charge on any atom is 0.312 e. The summed E-state index contributed by atoms with van der Waals surface area (Å²) in [5.41, 5.74) is -1.84. The minimum absolute atomic E-state index is 0.00255. The van der Waals surface area contributed by atoms with Gasteiger partial charge in [0.15, 0.2) is 0 Å². The zero-order valence-electron chi connectivity index (χ0n) is 29.4. The van der Waals surface area contributed by atoms with Gasteiger partial charge in [0.1, 0.15) is 11.6 Å². The number of halogens is 4. The van der Waals surface area contributed by atoms with Gasteiger partial charge in [0, 0.05) is 24.2 Å². The summed E-state index contributed by atoms with van der Waals surface area (Å²) in [5, 5.41) is 9.32. The maximum absolute atomic E-state index is 13.9. The van der Waals surface area contributed by atoms with E-state index in [1.807, 2.05) is 0 Å². The Hall–Kier alpha value is -3.92. The fraction of sp³-hybridized carbons (Fsp3) is 0.333. The van der Waals surface area contributed by atoms with Crippen molar-refractivity contribution in [2.45, 2.75) is 72.5 Å². The van der Waals surface area contributed by atoms with Crippen LogP contribution in [0.25, 0.3) is 0 Å². The van der Waals surface area contributed by atoms with Gasteiger partial charge in [-0.25, -0.2) is 25.6 Å². The number of carboxylic acid groups (broad SMARTS) is 1. The van der Waals surface area contributed by atoms with E-state index < -0.39 is 59.6 Å². The Bertz CT molecular complexity index is 2360. The summed E-state index contributed by atoms with van der Waals surface area (Å²) < 4.78 is 88.7. The molecule has 0 saturated heterocycles. The molecule has 6 fully saturated rings. The highest BCUT2D eigenvalue weighted by Crippen LogP contribution is 2.72. The molecule has 4 bridgehead atoms. The topological polar surface area (TPSA) is 138 Å². The Morgan fingerprint density at radius 3 is 1.35 bits per heavy atom. The molecule has 0 radical (unpaired) electrons. The first-order chi connectivity index (χ1) is 25.9. The number of methoxy groups -OCH3 is 1. The van der Waals surface area contributed by atoms with Gasteiger partial charge in [-0.2, -0.15) is 8.61 Å². The lowest BCUT2D eigenvalue weighted by molar-refractivity contribution is -0.219. The number of aliphatic carboxylic acids is 1. The van der Waals surface area contributed by atoms with Crippen molar-refractivity contribution < 1.29 is 45.0 Å². The number of esters is 1. The number of carbonyl (C=O) groups excluding carboxylic acids is 1. The van der Waals surface area contributed by atoms with E-state index in [0.717, 1.165) is 0 Å². The third-order valence-electron chi connectivity index (χ3n) is 11.4. The van der Waals surface area contributed by atoms with Gasteiger partial charge in [-0.1, -0.05) is 71.7 Å². The van der Waals surface area contributed by atoms with E-state index >= 15 is 0 Å². The van der Waals surface area contributed by atoms with Gasteiger partial charge in [-0.3, -0.25) is 9.59 Å². The van der Waals surface area contributed by atoms with Crippen molar-refractivity contribution in [2.75, 3.05) is 7.11 Å². The van der Waals surface area contributed by atoms with Gasteiger partial charge < -0.3 is 9.84 Å². The Morgan fingerprint density at radius 1 is 0.655 bits per heavy atom. The first-order valence-corrected chi connectivity index (χ1v) is 20.9. The number of rotatable bonds is 12. The lowest BCUT2D eigenvalue weighted by Gasteiger charge is -2.71. The minimum atomic E-state index is -3.87. The van der Waals surface area contributed by atoms with Crippen LogP contribution >= 0.6 is 23.2 Å². The van der Waals surface area contributed by atoms with E-state index in [-0.39, 0.29) is 58.2 Å². The van der Waals surface area contributed by atoms with E-state index in [2.05, 4.69) is 0 Å². The smallest absolute Gasteiger partial charge is 0.312 e. The molecule has 290 valence electrons. The number of carboxylic acids is 1. The van der Waals surface area contributed by atoms with Crippen LogP contribution in [-0.2, 0) is 47.5 Å². The zero-order valence-corrected chi connectivity index (χ0v) is 32.6. The SMILES string of the molecule is COC(=O)C12CC(N(Cc3ccc(Cl)c(F)c3)S(=O)(=O)c3ccccc3)(C1)C2.O=C(O)C12CC(N(Cc3ccc(Cl)c(F)c3)S(=O)(=O)c3ccccc3)(C1)C2. The van der Waals surface area contributed by atoms with Crippen molar-refractivity contribution in [3.05, 3.63) is 130 Å². The average Bonchev–Trinajstić information content (AvgIpc) is 3.09. The van der Waals surface area contributed by atoms with E-state index in [0.29, 0.717) is 30.4 Å². The Morgan fingerprint density at radius 2 is 1.02 bits per heavy atom. The highest BCUT2D eigenvalue weighted by molar-refractivity contribution is 7.89. The first kappa shape index (κ1) is 39.3. The molecule has 55 heavy (non-hydrogen) atoms. The van der Waals surface area contributed by atoms with Crippen molar-refractivity contribution >= 4 is 55.2 Å². The molecule has 16 heteroatoms. The standard InChI is InChI=1S/C20H19ClFNO4S.C19H17ClFNO4S/c1-27-18(24)19-11-20(12-19,13-19)23(10-14-7-8-16(21)17(22)9-14)28(25,26)15-5-3-2-4-6-15;20-15-7-6-13(8-16(15)21)9-22(19-10-18(11-19,12-19)17(23)24)27(25,26)14-4-2-1-3-5-14/h2-9H,10-13H2,1H3;1-8H,9-12H2,(H,23,24). The average molecular weight is 834 g/mol. The largest absolute Gasteiger partial charge is 0.481 e. The second kappa shape index (κ2) is 13.9. The Kier molecular flexibility index (Phi) is 9.95. The zero-order chi connectivity index (χ0) is 39.6. The lowest BCUT2D eigenvalue weighted by Crippen LogP contribution is -2.77. The fourth-order valence-corrected chi connectivity index (χ4v) is 12.5. The monoisotopic (exact) mass is 832 g/mol. The molecule has 6 aliphatic carbocycles. The van der Waals surface area contributed by atoms with E-state index in [1.54, 1.807) is 48.5 Å². The molecule has 0 amide bonds. The summed E-state index contributed by atoms with van der Waals surface area (Å²) in [6, 6.07) is 24.6. The third kappa shape index (κ3) is 6.64. The number of hydrogen-bond acceptors (Lipinski definition) is 7. The van der Waals surface area contributed by atoms with E-state index in [1.165, 1.54) is 64.3 Å². The van der Waals surface area contributed by atoms with Crippen LogP contribution in [0.2, 0.25) is 10.0 Å². The van der Waals surface area contributed by atoms with Gasteiger partial charge in [-0.15, -0.1) is 0 Å². The van der Waals surface area contributed by atoms with Crippen LogP contribution < -0.4 is 0 Å². The molecule has 10 rings (SSSR count). The first-order valence-electron chi connectivity index (χ1n) is 17.3. The lowest BCUT2D eigenvalue weighted by atomic mass is 9.39. The molecular formula is C39H36Cl2F2N2O8S2. The van der Waals surface area contributed by atoms with Gasteiger partial charge >= 0.3 is 11.9 Å². The van der Waals surface area contributed by atoms with Crippen LogP contribution in [-0.4, -0.2) is 60.7 Å². The van der Waals surface area contributed by atoms with Gasteiger partial charge in [0.05, 0.1) is 37.8 Å². The fourth-order valence-electron chi connectivity index (χ4n) is 8.72. The van der Waals surface area contributed by atoms with E-state index in [9.17, 15) is 40.3 Å². The number of benzene rings is 4. The summed E-state index contributed by atoms with van der Waals surface area (Å²) >= 11 is 11.5. The van der Waals surface area contributed by atoms with Crippen molar-refractivity contribution in [3.63, 3.8) is 0 Å². The van der Waals surface area contributed by atoms with Crippen LogP contribution in [0.1, 0.15) is 49.7 Å². The normalized spacial score (nSPS) is 26.0. The summed E-state index contributed by atoms with van der Waals surface area (Å²) in [6.45, 7) is -0.0381. The Labute approximate surface area is 327 Å². The summed E-state index contributed by atoms with van der Waals surface area (Å²) in [5.74, 6) is -2.41.